The molecule has 1 aliphatic rings. The summed E-state index contributed by atoms with van der Waals surface area (Å²) in [5.74, 6) is 0.449. The van der Waals surface area contributed by atoms with Gasteiger partial charge in [-0.05, 0) is 24.8 Å². The van der Waals surface area contributed by atoms with Gasteiger partial charge < -0.3 is 4.98 Å². The first kappa shape index (κ1) is 13.7. The van der Waals surface area contributed by atoms with E-state index in [4.69, 9.17) is 5.26 Å². The molecule has 1 atom stereocenters. The van der Waals surface area contributed by atoms with E-state index < -0.39 is 0 Å². The third-order valence-corrected chi connectivity index (χ3v) is 4.50. The van der Waals surface area contributed by atoms with Gasteiger partial charge in [0.25, 0.3) is 0 Å². The molecule has 3 aromatic heterocycles. The van der Waals surface area contributed by atoms with Gasteiger partial charge in [-0.3, -0.25) is 4.68 Å². The summed E-state index contributed by atoms with van der Waals surface area (Å²) in [7, 11) is 0. The van der Waals surface area contributed by atoms with Crippen LogP contribution in [0.5, 0.6) is 0 Å². The fraction of sp³-hybridized carbons (Fsp3) is 0.294. The number of aromatic amines is 1. The van der Waals surface area contributed by atoms with E-state index in [1.807, 2.05) is 29.3 Å². The Bertz CT molecular complexity index is 889. The molecule has 4 rings (SSSR count). The second-order valence-electron chi connectivity index (χ2n) is 5.84. The van der Waals surface area contributed by atoms with Crippen molar-refractivity contribution < 1.29 is 0 Å². The van der Waals surface area contributed by atoms with Crippen molar-refractivity contribution in [3.05, 3.63) is 43.0 Å². The number of nitrogens with zero attached hydrogens (tertiary/aromatic N) is 5. The van der Waals surface area contributed by atoms with E-state index in [-0.39, 0.29) is 6.04 Å². The lowest BCUT2D eigenvalue weighted by Crippen LogP contribution is -2.17. The number of hydrogen-bond acceptors (Lipinski definition) is 4. The van der Waals surface area contributed by atoms with E-state index >= 15 is 0 Å². The number of nitrogens with one attached hydrogen (secondary N) is 1. The summed E-state index contributed by atoms with van der Waals surface area (Å²) in [5.41, 5.74) is 2.77. The molecule has 0 radical (unpaired) electrons. The molecular formula is C17H16N6. The Morgan fingerprint density at radius 3 is 3.04 bits per heavy atom. The minimum atomic E-state index is 0.111. The Morgan fingerprint density at radius 2 is 2.22 bits per heavy atom. The van der Waals surface area contributed by atoms with Crippen LogP contribution >= 0.6 is 0 Å². The lowest BCUT2D eigenvalue weighted by Gasteiger charge is -2.21. The third-order valence-electron chi connectivity index (χ3n) is 4.50. The molecule has 3 heterocycles. The van der Waals surface area contributed by atoms with Crippen LogP contribution in [0.4, 0.5) is 0 Å². The molecule has 23 heavy (non-hydrogen) atoms. The maximum absolute atomic E-state index is 9.16. The highest BCUT2D eigenvalue weighted by atomic mass is 15.3. The normalized spacial score (nSPS) is 16.0. The van der Waals surface area contributed by atoms with E-state index in [0.29, 0.717) is 12.3 Å². The summed E-state index contributed by atoms with van der Waals surface area (Å²) in [5, 5.41) is 22.8. The Morgan fingerprint density at radius 1 is 1.35 bits per heavy atom. The molecule has 0 aliphatic heterocycles. The predicted molar refractivity (Wildman–Crippen MR) is 86.2 cm³/mol. The number of H-pyrrole nitrogens is 1. The molecule has 6 heteroatoms. The Hall–Kier alpha value is -2.94. The van der Waals surface area contributed by atoms with Crippen molar-refractivity contribution >= 4 is 11.0 Å². The molecule has 6 nitrogen and oxygen atoms in total. The Kier molecular flexibility index (Phi) is 3.39. The second-order valence-corrected chi connectivity index (χ2v) is 5.84. The summed E-state index contributed by atoms with van der Waals surface area (Å²) in [6.07, 6.45) is 14.4. The van der Waals surface area contributed by atoms with E-state index in [2.05, 4.69) is 38.5 Å². The summed E-state index contributed by atoms with van der Waals surface area (Å²) in [4.78, 5) is 3.07. The largest absolute Gasteiger partial charge is 0.345 e. The smallest absolute Gasteiger partial charge is 0.160 e. The van der Waals surface area contributed by atoms with Gasteiger partial charge in [0.15, 0.2) is 5.65 Å². The fourth-order valence-corrected chi connectivity index (χ4v) is 3.29. The Labute approximate surface area is 133 Å². The molecule has 114 valence electrons. The van der Waals surface area contributed by atoms with Gasteiger partial charge in [0.05, 0.1) is 30.9 Å². The van der Waals surface area contributed by atoms with Gasteiger partial charge in [0, 0.05) is 28.9 Å². The number of allylic oxidation sites excluding steroid dienone is 2. The zero-order valence-corrected chi connectivity index (χ0v) is 12.6. The van der Waals surface area contributed by atoms with Gasteiger partial charge >= 0.3 is 0 Å². The van der Waals surface area contributed by atoms with Crippen molar-refractivity contribution in [2.75, 3.05) is 0 Å². The lowest BCUT2D eigenvalue weighted by atomic mass is 9.95. The van der Waals surface area contributed by atoms with Crippen LogP contribution in [0.15, 0.2) is 43.0 Å². The maximum atomic E-state index is 9.16. The highest BCUT2D eigenvalue weighted by Gasteiger charge is 2.24. The van der Waals surface area contributed by atoms with Crippen LogP contribution in [0.1, 0.15) is 25.3 Å². The fourth-order valence-electron chi connectivity index (χ4n) is 3.29. The standard InChI is InChI=1S/C17H16N6/c18-7-5-16(12-3-1-2-4-12)23-11-13(9-21-23)15-10-20-22-17-14(15)6-8-19-17/h1-2,6,8-12,16H,3-5H2,(H,19,22)/t16-/m1/s1. The maximum Gasteiger partial charge on any atom is 0.160 e. The van der Waals surface area contributed by atoms with Gasteiger partial charge in [0.1, 0.15) is 0 Å². The minimum absolute atomic E-state index is 0.111. The molecule has 1 aliphatic carbocycles. The summed E-state index contributed by atoms with van der Waals surface area (Å²) in [6.45, 7) is 0. The van der Waals surface area contributed by atoms with Crippen molar-refractivity contribution in [3.63, 3.8) is 0 Å². The van der Waals surface area contributed by atoms with E-state index in [1.165, 1.54) is 0 Å². The van der Waals surface area contributed by atoms with Crippen molar-refractivity contribution in [3.8, 4) is 17.2 Å². The molecule has 3 aromatic rings. The lowest BCUT2D eigenvalue weighted by molar-refractivity contribution is 0.323. The Balaban J connectivity index is 1.70. The van der Waals surface area contributed by atoms with Crippen LogP contribution in [-0.2, 0) is 0 Å². The first-order valence-corrected chi connectivity index (χ1v) is 7.72. The molecule has 0 saturated heterocycles. The quantitative estimate of drug-likeness (QED) is 0.750. The van der Waals surface area contributed by atoms with Gasteiger partial charge in [-0.1, -0.05) is 12.2 Å². The van der Waals surface area contributed by atoms with Crippen LogP contribution in [0.25, 0.3) is 22.2 Å². The number of aromatic nitrogens is 5. The van der Waals surface area contributed by atoms with Crippen LogP contribution in [0, 0.1) is 17.2 Å². The van der Waals surface area contributed by atoms with Crippen LogP contribution in [0.2, 0.25) is 0 Å². The molecule has 0 aromatic carbocycles. The average molecular weight is 304 g/mol. The zero-order chi connectivity index (χ0) is 15.6. The number of nitriles is 1. The first-order valence-electron chi connectivity index (χ1n) is 7.72. The summed E-state index contributed by atoms with van der Waals surface area (Å²) >= 11 is 0. The second kappa shape index (κ2) is 5.69. The topological polar surface area (TPSA) is 83.2 Å². The minimum Gasteiger partial charge on any atom is -0.345 e. The third kappa shape index (κ3) is 2.40. The SMILES string of the molecule is N#CC[C@H](C1CC=CC1)n1cc(-c2cnnc3[nH]ccc23)cn1. The predicted octanol–water partition coefficient (Wildman–Crippen LogP) is 3.24. The van der Waals surface area contributed by atoms with E-state index in [0.717, 1.165) is 35.0 Å². The van der Waals surface area contributed by atoms with Crippen LogP contribution in [-0.4, -0.2) is 25.0 Å². The van der Waals surface area contributed by atoms with Gasteiger partial charge in [-0.25, -0.2) is 0 Å². The summed E-state index contributed by atoms with van der Waals surface area (Å²) < 4.78 is 1.94. The van der Waals surface area contributed by atoms with Crippen molar-refractivity contribution in [2.45, 2.75) is 25.3 Å². The van der Waals surface area contributed by atoms with E-state index in [9.17, 15) is 0 Å². The van der Waals surface area contributed by atoms with Crippen molar-refractivity contribution in [1.82, 2.24) is 25.0 Å². The highest BCUT2D eigenvalue weighted by molar-refractivity contribution is 5.91. The molecular weight excluding hydrogens is 288 g/mol. The zero-order valence-electron chi connectivity index (χ0n) is 12.6. The molecule has 0 amide bonds. The monoisotopic (exact) mass is 304 g/mol. The number of rotatable bonds is 4. The first-order chi connectivity index (χ1) is 11.4. The molecule has 0 unspecified atom stereocenters. The van der Waals surface area contributed by atoms with Crippen LogP contribution < -0.4 is 0 Å². The van der Waals surface area contributed by atoms with Crippen molar-refractivity contribution in [1.29, 1.82) is 5.26 Å². The molecule has 0 spiro atoms. The molecule has 0 bridgehead atoms. The summed E-state index contributed by atoms with van der Waals surface area (Å²) in [6, 6.07) is 4.40. The number of fused-ring (bicyclic) bond motifs is 1. The van der Waals surface area contributed by atoms with Gasteiger partial charge in [0.2, 0.25) is 0 Å². The molecule has 0 saturated carbocycles. The van der Waals surface area contributed by atoms with Crippen LogP contribution in [0.3, 0.4) is 0 Å². The van der Waals surface area contributed by atoms with Gasteiger partial charge in [-0.15, -0.1) is 5.10 Å². The van der Waals surface area contributed by atoms with E-state index in [1.54, 1.807) is 6.20 Å². The molecule has 0 fully saturated rings. The number of hydrogen-bond donors (Lipinski definition) is 1. The average Bonchev–Trinajstić information content (AvgIpc) is 3.32. The highest BCUT2D eigenvalue weighted by Crippen LogP contribution is 2.33. The van der Waals surface area contributed by atoms with Crippen molar-refractivity contribution in [2.24, 2.45) is 5.92 Å². The molecule has 1 N–H and O–H groups in total. The van der Waals surface area contributed by atoms with Gasteiger partial charge in [-0.2, -0.15) is 15.5 Å².